The van der Waals surface area contributed by atoms with Gasteiger partial charge in [-0.05, 0) is 92.2 Å². The molecule has 47 heavy (non-hydrogen) atoms. The molecular weight excluding hydrogens is 567 g/mol. The van der Waals surface area contributed by atoms with E-state index in [9.17, 15) is 0 Å². The van der Waals surface area contributed by atoms with Gasteiger partial charge in [-0.3, -0.25) is 0 Å². The molecule has 0 bridgehead atoms. The molecular formula is C46H33N. The van der Waals surface area contributed by atoms with Crippen LogP contribution in [-0.2, 0) is 0 Å². The predicted octanol–water partition coefficient (Wildman–Crippen LogP) is 13.0. The Bertz CT molecular complexity index is 2270. The second kappa shape index (κ2) is 12.7. The predicted molar refractivity (Wildman–Crippen MR) is 200 cm³/mol. The topological polar surface area (TPSA) is 3.24 Å². The van der Waals surface area contributed by atoms with Crippen molar-refractivity contribution in [1.29, 1.82) is 0 Å². The van der Waals surface area contributed by atoms with Crippen LogP contribution in [0.4, 0.5) is 17.1 Å². The first-order valence-electron chi connectivity index (χ1n) is 16.1. The van der Waals surface area contributed by atoms with Crippen molar-refractivity contribution < 1.29 is 0 Å². The first-order valence-corrected chi connectivity index (χ1v) is 16.1. The van der Waals surface area contributed by atoms with Crippen LogP contribution in [-0.4, -0.2) is 0 Å². The number of para-hydroxylation sites is 1. The maximum atomic E-state index is 2.39. The number of anilines is 3. The highest BCUT2D eigenvalue weighted by Crippen LogP contribution is 2.43. The number of hydrogen-bond acceptors (Lipinski definition) is 1. The minimum absolute atomic E-state index is 1.10. The summed E-state index contributed by atoms with van der Waals surface area (Å²) in [5, 5.41) is 2.49. The van der Waals surface area contributed by atoms with Crippen molar-refractivity contribution >= 4 is 27.8 Å². The Labute approximate surface area is 276 Å². The summed E-state index contributed by atoms with van der Waals surface area (Å²) in [7, 11) is 0. The van der Waals surface area contributed by atoms with Crippen LogP contribution in [0.1, 0.15) is 0 Å². The second-order valence-corrected chi connectivity index (χ2v) is 11.8. The van der Waals surface area contributed by atoms with Gasteiger partial charge in [0.05, 0.1) is 5.69 Å². The molecule has 0 N–H and O–H groups in total. The smallest absolute Gasteiger partial charge is 0.0546 e. The molecule has 0 amide bonds. The highest BCUT2D eigenvalue weighted by Gasteiger charge is 2.19. The fraction of sp³-hybridized carbons (Fsp3) is 0. The van der Waals surface area contributed by atoms with Crippen LogP contribution in [0.15, 0.2) is 200 Å². The van der Waals surface area contributed by atoms with E-state index in [1.54, 1.807) is 0 Å². The van der Waals surface area contributed by atoms with E-state index in [0.29, 0.717) is 0 Å². The average Bonchev–Trinajstić information content (AvgIpc) is 3.16. The van der Waals surface area contributed by atoms with Gasteiger partial charge in [-0.2, -0.15) is 0 Å². The molecule has 8 aromatic rings. The lowest BCUT2D eigenvalue weighted by Gasteiger charge is -2.29. The maximum Gasteiger partial charge on any atom is 0.0546 e. The number of benzene rings is 8. The quantitative estimate of drug-likeness (QED) is 0.176. The van der Waals surface area contributed by atoms with Crippen LogP contribution in [0, 0.1) is 0 Å². The van der Waals surface area contributed by atoms with Crippen LogP contribution in [0.25, 0.3) is 55.3 Å². The van der Waals surface area contributed by atoms with Crippen molar-refractivity contribution in [3.63, 3.8) is 0 Å². The van der Waals surface area contributed by atoms with Crippen LogP contribution < -0.4 is 4.90 Å². The van der Waals surface area contributed by atoms with E-state index in [-0.39, 0.29) is 0 Å². The SMILES string of the molecule is c1ccc(-c2cccc(-c3ccc(N(c4ccccc4)c4cc(-c5ccc6ccccc6c5)ccc4-c4ccccc4)cc3)c2)cc1. The molecule has 0 saturated heterocycles. The highest BCUT2D eigenvalue weighted by atomic mass is 15.1. The molecule has 1 heteroatoms. The Kier molecular flexibility index (Phi) is 7.63. The molecule has 222 valence electrons. The summed E-state index contributed by atoms with van der Waals surface area (Å²) < 4.78 is 0. The largest absolute Gasteiger partial charge is 0.310 e. The van der Waals surface area contributed by atoms with Crippen LogP contribution in [0.2, 0.25) is 0 Å². The molecule has 0 aliphatic carbocycles. The van der Waals surface area contributed by atoms with Gasteiger partial charge in [-0.15, -0.1) is 0 Å². The molecule has 0 saturated carbocycles. The molecule has 0 spiro atoms. The van der Waals surface area contributed by atoms with Gasteiger partial charge in [0.25, 0.3) is 0 Å². The summed E-state index contributed by atoms with van der Waals surface area (Å²) in [6.07, 6.45) is 0. The van der Waals surface area contributed by atoms with Gasteiger partial charge in [-0.1, -0.05) is 158 Å². The van der Waals surface area contributed by atoms with Crippen LogP contribution >= 0.6 is 0 Å². The van der Waals surface area contributed by atoms with Gasteiger partial charge in [-0.25, -0.2) is 0 Å². The third-order valence-electron chi connectivity index (χ3n) is 8.85. The molecule has 0 unspecified atom stereocenters. The zero-order chi connectivity index (χ0) is 31.4. The summed E-state index contributed by atoms with van der Waals surface area (Å²) in [5.41, 5.74) is 12.9. The van der Waals surface area contributed by atoms with E-state index in [1.807, 2.05) is 0 Å². The molecule has 1 nitrogen and oxygen atoms in total. The Hall–Kier alpha value is -6.18. The highest BCUT2D eigenvalue weighted by molar-refractivity contribution is 5.93. The lowest BCUT2D eigenvalue weighted by Crippen LogP contribution is -2.11. The molecule has 0 heterocycles. The molecule has 0 aliphatic heterocycles. The summed E-state index contributed by atoms with van der Waals surface area (Å²) in [6.45, 7) is 0. The maximum absolute atomic E-state index is 2.39. The number of hydrogen-bond donors (Lipinski definition) is 0. The fourth-order valence-corrected chi connectivity index (χ4v) is 6.44. The monoisotopic (exact) mass is 599 g/mol. The van der Waals surface area contributed by atoms with Crippen molar-refractivity contribution in [2.45, 2.75) is 0 Å². The van der Waals surface area contributed by atoms with E-state index in [0.717, 1.165) is 17.1 Å². The molecule has 0 atom stereocenters. The third-order valence-corrected chi connectivity index (χ3v) is 8.85. The van der Waals surface area contributed by atoms with E-state index >= 15 is 0 Å². The lowest BCUT2D eigenvalue weighted by molar-refractivity contribution is 1.28. The van der Waals surface area contributed by atoms with Crippen molar-refractivity contribution in [2.75, 3.05) is 4.90 Å². The zero-order valence-corrected chi connectivity index (χ0v) is 26.0. The minimum Gasteiger partial charge on any atom is -0.310 e. The average molecular weight is 600 g/mol. The van der Waals surface area contributed by atoms with Crippen molar-refractivity contribution in [3.05, 3.63) is 200 Å². The number of rotatable bonds is 7. The first kappa shape index (κ1) is 28.3. The molecule has 0 aromatic heterocycles. The zero-order valence-electron chi connectivity index (χ0n) is 26.0. The molecule has 0 radical (unpaired) electrons. The number of fused-ring (bicyclic) bond motifs is 1. The van der Waals surface area contributed by atoms with Gasteiger partial charge in [0.15, 0.2) is 0 Å². The minimum atomic E-state index is 1.10. The van der Waals surface area contributed by atoms with E-state index < -0.39 is 0 Å². The second-order valence-electron chi connectivity index (χ2n) is 11.8. The van der Waals surface area contributed by atoms with Crippen molar-refractivity contribution in [2.24, 2.45) is 0 Å². The van der Waals surface area contributed by atoms with Gasteiger partial charge < -0.3 is 4.90 Å². The first-order chi connectivity index (χ1) is 23.3. The standard InChI is InChI=1S/C46H33N/c1-4-13-34(14-5-1)39-19-12-20-40(31-39)36-25-28-44(29-26-36)47(43-21-8-3-9-22-43)46-33-42(27-30-45(46)37-16-6-2-7-17-37)41-24-23-35-15-10-11-18-38(35)32-41/h1-33H. The van der Waals surface area contributed by atoms with Crippen molar-refractivity contribution in [1.82, 2.24) is 0 Å². The van der Waals surface area contributed by atoms with E-state index in [1.165, 1.54) is 55.3 Å². The van der Waals surface area contributed by atoms with Gasteiger partial charge >= 0.3 is 0 Å². The molecule has 0 fully saturated rings. The fourth-order valence-electron chi connectivity index (χ4n) is 6.44. The van der Waals surface area contributed by atoms with E-state index in [4.69, 9.17) is 0 Å². The third kappa shape index (κ3) is 5.83. The Morgan fingerprint density at radius 1 is 0.255 bits per heavy atom. The van der Waals surface area contributed by atoms with Crippen LogP contribution in [0.5, 0.6) is 0 Å². The molecule has 8 aromatic carbocycles. The van der Waals surface area contributed by atoms with Crippen molar-refractivity contribution in [3.8, 4) is 44.5 Å². The summed E-state index contributed by atoms with van der Waals surface area (Å²) in [6, 6.07) is 71.9. The number of nitrogens with zero attached hydrogens (tertiary/aromatic N) is 1. The normalized spacial score (nSPS) is 11.0. The Morgan fingerprint density at radius 3 is 1.43 bits per heavy atom. The summed E-state index contributed by atoms with van der Waals surface area (Å²) >= 11 is 0. The van der Waals surface area contributed by atoms with Crippen LogP contribution in [0.3, 0.4) is 0 Å². The summed E-state index contributed by atoms with van der Waals surface area (Å²) in [5.74, 6) is 0. The molecule has 8 rings (SSSR count). The summed E-state index contributed by atoms with van der Waals surface area (Å²) in [4.78, 5) is 2.39. The van der Waals surface area contributed by atoms with E-state index in [2.05, 4.69) is 205 Å². The molecule has 0 aliphatic rings. The van der Waals surface area contributed by atoms with Gasteiger partial charge in [0.1, 0.15) is 0 Å². The Balaban J connectivity index is 1.26. The Morgan fingerprint density at radius 2 is 0.723 bits per heavy atom. The van der Waals surface area contributed by atoms with Gasteiger partial charge in [0.2, 0.25) is 0 Å². The van der Waals surface area contributed by atoms with Gasteiger partial charge in [0, 0.05) is 16.9 Å². The lowest BCUT2D eigenvalue weighted by atomic mass is 9.95.